The number of rotatable bonds is 8. The Bertz CT molecular complexity index is 819. The summed E-state index contributed by atoms with van der Waals surface area (Å²) in [5.41, 5.74) is 2.61. The van der Waals surface area contributed by atoms with E-state index in [1.165, 1.54) is 0 Å². The predicted molar refractivity (Wildman–Crippen MR) is 115 cm³/mol. The van der Waals surface area contributed by atoms with Crippen LogP contribution in [0.25, 0.3) is 0 Å². The molecule has 2 amide bonds. The maximum atomic E-state index is 13.2. The summed E-state index contributed by atoms with van der Waals surface area (Å²) in [6.45, 7) is 6.41. The Morgan fingerprint density at radius 3 is 2.32 bits per heavy atom. The highest BCUT2D eigenvalue weighted by Crippen LogP contribution is 2.27. The Kier molecular flexibility index (Phi) is 8.34. The molecule has 28 heavy (non-hydrogen) atoms. The number of halogens is 2. The van der Waals surface area contributed by atoms with Gasteiger partial charge in [0.1, 0.15) is 6.04 Å². The SMILES string of the molecule is CCCNC(=O)C(C)N(Cc1c(Cl)cccc1Cl)C(=O)Cc1ccccc1C. The van der Waals surface area contributed by atoms with Crippen molar-refractivity contribution in [1.82, 2.24) is 10.2 Å². The molecule has 0 heterocycles. The largest absolute Gasteiger partial charge is 0.354 e. The normalized spacial score (nSPS) is 11.8. The van der Waals surface area contributed by atoms with Gasteiger partial charge in [0, 0.05) is 28.7 Å². The first-order chi connectivity index (χ1) is 13.3. The van der Waals surface area contributed by atoms with E-state index < -0.39 is 6.04 Å². The third kappa shape index (κ3) is 5.73. The molecule has 0 saturated heterocycles. The first-order valence-electron chi connectivity index (χ1n) is 9.39. The quantitative estimate of drug-likeness (QED) is 0.667. The Morgan fingerprint density at radius 2 is 1.71 bits per heavy atom. The van der Waals surface area contributed by atoms with Crippen LogP contribution in [0.2, 0.25) is 10.0 Å². The molecule has 2 aromatic carbocycles. The highest BCUT2D eigenvalue weighted by molar-refractivity contribution is 6.36. The molecule has 6 heteroatoms. The molecule has 0 aliphatic rings. The second kappa shape index (κ2) is 10.5. The third-order valence-electron chi connectivity index (χ3n) is 4.71. The molecular weight excluding hydrogens is 395 g/mol. The molecule has 0 fully saturated rings. The molecule has 0 saturated carbocycles. The van der Waals surface area contributed by atoms with Gasteiger partial charge in [-0.15, -0.1) is 0 Å². The summed E-state index contributed by atoms with van der Waals surface area (Å²) in [5.74, 6) is -0.340. The molecule has 150 valence electrons. The maximum Gasteiger partial charge on any atom is 0.242 e. The highest BCUT2D eigenvalue weighted by atomic mass is 35.5. The van der Waals surface area contributed by atoms with E-state index >= 15 is 0 Å². The van der Waals surface area contributed by atoms with Crippen LogP contribution in [0.3, 0.4) is 0 Å². The van der Waals surface area contributed by atoms with Gasteiger partial charge in [0.15, 0.2) is 0 Å². The summed E-state index contributed by atoms with van der Waals surface area (Å²) < 4.78 is 0. The van der Waals surface area contributed by atoms with Crippen LogP contribution in [0.5, 0.6) is 0 Å². The van der Waals surface area contributed by atoms with E-state index in [9.17, 15) is 9.59 Å². The number of hydrogen-bond donors (Lipinski definition) is 1. The minimum atomic E-state index is -0.643. The fraction of sp³-hybridized carbons (Fsp3) is 0.364. The summed E-state index contributed by atoms with van der Waals surface area (Å²) in [4.78, 5) is 27.3. The number of benzene rings is 2. The van der Waals surface area contributed by atoms with Crippen molar-refractivity contribution in [2.45, 2.75) is 46.2 Å². The van der Waals surface area contributed by atoms with Crippen molar-refractivity contribution in [1.29, 1.82) is 0 Å². The number of hydrogen-bond acceptors (Lipinski definition) is 2. The van der Waals surface area contributed by atoms with Gasteiger partial charge in [0.25, 0.3) is 0 Å². The summed E-state index contributed by atoms with van der Waals surface area (Å²) >= 11 is 12.6. The van der Waals surface area contributed by atoms with E-state index in [0.717, 1.165) is 17.5 Å². The Balaban J connectivity index is 2.30. The van der Waals surface area contributed by atoms with Gasteiger partial charge in [-0.25, -0.2) is 0 Å². The zero-order valence-corrected chi connectivity index (χ0v) is 18.0. The first-order valence-corrected chi connectivity index (χ1v) is 10.1. The smallest absolute Gasteiger partial charge is 0.242 e. The lowest BCUT2D eigenvalue weighted by Crippen LogP contribution is -2.48. The van der Waals surface area contributed by atoms with Crippen molar-refractivity contribution in [3.8, 4) is 0 Å². The van der Waals surface area contributed by atoms with Gasteiger partial charge in [-0.3, -0.25) is 9.59 Å². The standard InChI is InChI=1S/C22H26Cl2N2O2/c1-4-12-25-22(28)16(3)26(14-18-19(23)10-7-11-20(18)24)21(27)13-17-9-6-5-8-15(17)2/h5-11,16H,4,12-14H2,1-3H3,(H,25,28). The topological polar surface area (TPSA) is 49.4 Å². The number of amides is 2. The van der Waals surface area contributed by atoms with Crippen molar-refractivity contribution in [3.63, 3.8) is 0 Å². The maximum absolute atomic E-state index is 13.2. The number of carbonyl (C=O) groups excluding carboxylic acids is 2. The van der Waals surface area contributed by atoms with E-state index in [1.54, 1.807) is 30.0 Å². The van der Waals surface area contributed by atoms with E-state index in [2.05, 4.69) is 5.32 Å². The van der Waals surface area contributed by atoms with Crippen molar-refractivity contribution in [2.24, 2.45) is 0 Å². The average molecular weight is 421 g/mol. The molecule has 2 aromatic rings. The van der Waals surface area contributed by atoms with E-state index in [0.29, 0.717) is 22.2 Å². The van der Waals surface area contributed by atoms with E-state index in [1.807, 2.05) is 38.1 Å². The average Bonchev–Trinajstić information content (AvgIpc) is 2.67. The van der Waals surface area contributed by atoms with Crippen molar-refractivity contribution in [3.05, 3.63) is 69.2 Å². The monoisotopic (exact) mass is 420 g/mol. The Labute approximate surface area is 176 Å². The molecule has 2 rings (SSSR count). The van der Waals surface area contributed by atoms with Crippen LogP contribution < -0.4 is 5.32 Å². The lowest BCUT2D eigenvalue weighted by Gasteiger charge is -2.29. The van der Waals surface area contributed by atoms with Crippen molar-refractivity contribution < 1.29 is 9.59 Å². The molecule has 1 unspecified atom stereocenters. The van der Waals surface area contributed by atoms with E-state index in [4.69, 9.17) is 23.2 Å². The second-order valence-corrected chi connectivity index (χ2v) is 7.61. The van der Waals surface area contributed by atoms with Gasteiger partial charge >= 0.3 is 0 Å². The number of nitrogens with one attached hydrogen (secondary N) is 1. The predicted octanol–water partition coefficient (Wildman–Crippen LogP) is 4.79. The van der Waals surface area contributed by atoms with Crippen LogP contribution in [0.4, 0.5) is 0 Å². The molecule has 0 aliphatic heterocycles. The molecule has 0 radical (unpaired) electrons. The molecule has 1 N–H and O–H groups in total. The summed E-state index contributed by atoms with van der Waals surface area (Å²) in [7, 11) is 0. The van der Waals surface area contributed by atoms with Crippen LogP contribution in [-0.4, -0.2) is 29.3 Å². The third-order valence-corrected chi connectivity index (χ3v) is 5.42. The van der Waals surface area contributed by atoms with Crippen LogP contribution in [0.1, 0.15) is 37.0 Å². The van der Waals surface area contributed by atoms with Gasteiger partial charge in [0.2, 0.25) is 11.8 Å². The molecule has 0 aliphatic carbocycles. The molecular formula is C22H26Cl2N2O2. The van der Waals surface area contributed by atoms with Gasteiger partial charge < -0.3 is 10.2 Å². The van der Waals surface area contributed by atoms with Crippen LogP contribution in [0, 0.1) is 6.92 Å². The van der Waals surface area contributed by atoms with Crippen LogP contribution in [0.15, 0.2) is 42.5 Å². The van der Waals surface area contributed by atoms with Gasteiger partial charge in [-0.2, -0.15) is 0 Å². The molecule has 1 atom stereocenters. The van der Waals surface area contributed by atoms with Crippen molar-refractivity contribution in [2.75, 3.05) is 6.54 Å². The van der Waals surface area contributed by atoms with Crippen LogP contribution in [-0.2, 0) is 22.6 Å². The molecule has 4 nitrogen and oxygen atoms in total. The van der Waals surface area contributed by atoms with Crippen molar-refractivity contribution >= 4 is 35.0 Å². The molecule has 0 aromatic heterocycles. The molecule has 0 spiro atoms. The zero-order chi connectivity index (χ0) is 20.7. The number of nitrogens with zero attached hydrogens (tertiary/aromatic N) is 1. The number of carbonyl (C=O) groups is 2. The fourth-order valence-corrected chi connectivity index (χ4v) is 3.42. The lowest BCUT2D eigenvalue weighted by molar-refractivity contribution is -0.140. The lowest BCUT2D eigenvalue weighted by atomic mass is 10.0. The highest BCUT2D eigenvalue weighted by Gasteiger charge is 2.27. The zero-order valence-electron chi connectivity index (χ0n) is 16.5. The van der Waals surface area contributed by atoms with Crippen LogP contribution >= 0.6 is 23.2 Å². The second-order valence-electron chi connectivity index (χ2n) is 6.79. The fourth-order valence-electron chi connectivity index (χ4n) is 2.91. The first kappa shape index (κ1) is 22.3. The van der Waals surface area contributed by atoms with E-state index in [-0.39, 0.29) is 24.8 Å². The number of aryl methyl sites for hydroxylation is 1. The minimum Gasteiger partial charge on any atom is -0.354 e. The Morgan fingerprint density at radius 1 is 1.07 bits per heavy atom. The summed E-state index contributed by atoms with van der Waals surface area (Å²) in [6.07, 6.45) is 1.03. The summed E-state index contributed by atoms with van der Waals surface area (Å²) in [5, 5.41) is 3.81. The summed E-state index contributed by atoms with van der Waals surface area (Å²) in [6, 6.07) is 12.3. The van der Waals surface area contributed by atoms with Gasteiger partial charge in [-0.1, -0.05) is 60.5 Å². The molecule has 0 bridgehead atoms. The van der Waals surface area contributed by atoms with Gasteiger partial charge in [-0.05, 0) is 43.5 Å². The Hall–Kier alpha value is -2.04. The minimum absolute atomic E-state index is 0.149. The van der Waals surface area contributed by atoms with Gasteiger partial charge in [0.05, 0.1) is 6.42 Å².